The zero-order valence-corrected chi connectivity index (χ0v) is 11.1. The Kier molecular flexibility index (Phi) is 6.95. The molecule has 0 bridgehead atoms. The molecule has 1 nitrogen and oxygen atoms in total. The molecule has 14 heavy (non-hydrogen) atoms. The van der Waals surface area contributed by atoms with Crippen LogP contribution in [0, 0.1) is 12.6 Å². The maximum absolute atomic E-state index is 10.8. The monoisotopic (exact) mass is 261 g/mol. The summed E-state index contributed by atoms with van der Waals surface area (Å²) in [5.41, 5.74) is 1.98. The van der Waals surface area contributed by atoms with Gasteiger partial charge < -0.3 is 23.0 Å². The third-order valence-corrected chi connectivity index (χ3v) is 1.89. The molecule has 0 aliphatic heterocycles. The zero-order chi connectivity index (χ0) is 9.68. The van der Waals surface area contributed by atoms with Crippen LogP contribution >= 0.6 is 0 Å². The molecule has 1 rings (SSSR count). The maximum atomic E-state index is 10.8. The van der Waals surface area contributed by atoms with E-state index >= 15 is 0 Å². The molecule has 0 spiro atoms. The fraction of sp³-hybridized carbons (Fsp3) is 0.250. The normalized spacial score (nSPS) is 8.93. The molecule has 0 heterocycles. The number of benzene rings is 1. The third-order valence-electron chi connectivity index (χ3n) is 1.89. The summed E-state index contributed by atoms with van der Waals surface area (Å²) >= 11 is 0. The topological polar surface area (TPSA) is 17.1 Å². The van der Waals surface area contributed by atoms with Gasteiger partial charge in [-0.25, -0.2) is 11.6 Å². The Labute approximate surface area is 110 Å². The number of carbonyl (C=O) groups excluding carboxylic acids is 1. The first-order valence-corrected chi connectivity index (χ1v) is 4.28. The van der Waals surface area contributed by atoms with E-state index in [0.29, 0.717) is 6.42 Å². The molecular formula is C12H12OY-2. The van der Waals surface area contributed by atoms with Crippen molar-refractivity contribution in [2.24, 2.45) is 0 Å². The largest absolute Gasteiger partial charge is 0.344 e. The van der Waals surface area contributed by atoms with Crippen molar-refractivity contribution in [1.29, 1.82) is 0 Å². The minimum atomic E-state index is 0. The first-order chi connectivity index (χ1) is 6.24. The van der Waals surface area contributed by atoms with Gasteiger partial charge in [0.05, 0.1) is 0 Å². The average molecular weight is 261 g/mol. The SMILES string of the molecule is [CH-]=Cc1[c-]cccc1CCC(C)=O.[Y]. The van der Waals surface area contributed by atoms with Gasteiger partial charge in [-0.2, -0.15) is 12.1 Å². The van der Waals surface area contributed by atoms with Crippen LogP contribution in [0.3, 0.4) is 0 Å². The van der Waals surface area contributed by atoms with Crippen molar-refractivity contribution in [3.63, 3.8) is 0 Å². The summed E-state index contributed by atoms with van der Waals surface area (Å²) in [6.07, 6.45) is 2.84. The van der Waals surface area contributed by atoms with E-state index < -0.39 is 0 Å². The molecule has 71 valence electrons. The number of rotatable bonds is 4. The number of hydrogen-bond donors (Lipinski definition) is 0. The fourth-order valence-electron chi connectivity index (χ4n) is 1.17. The summed E-state index contributed by atoms with van der Waals surface area (Å²) in [5, 5.41) is 0. The second kappa shape index (κ2) is 7.08. The van der Waals surface area contributed by atoms with Crippen LogP contribution in [0.4, 0.5) is 0 Å². The summed E-state index contributed by atoms with van der Waals surface area (Å²) in [6.45, 7) is 7.01. The van der Waals surface area contributed by atoms with E-state index in [-0.39, 0.29) is 38.5 Å². The van der Waals surface area contributed by atoms with E-state index in [1.807, 2.05) is 18.2 Å². The second-order valence-corrected chi connectivity index (χ2v) is 2.98. The van der Waals surface area contributed by atoms with Gasteiger partial charge in [-0.1, -0.05) is 6.42 Å². The summed E-state index contributed by atoms with van der Waals surface area (Å²) in [5.74, 6) is 0.201. The molecule has 0 aliphatic rings. The zero-order valence-electron chi connectivity index (χ0n) is 8.29. The number of carbonyl (C=O) groups is 1. The van der Waals surface area contributed by atoms with Crippen molar-refractivity contribution in [3.8, 4) is 0 Å². The van der Waals surface area contributed by atoms with Crippen LogP contribution in [0.1, 0.15) is 24.5 Å². The first kappa shape index (κ1) is 13.7. The van der Waals surface area contributed by atoms with Crippen LogP contribution < -0.4 is 0 Å². The molecule has 0 saturated carbocycles. The van der Waals surface area contributed by atoms with Crippen molar-refractivity contribution < 1.29 is 37.5 Å². The van der Waals surface area contributed by atoms with Crippen molar-refractivity contribution in [3.05, 3.63) is 42.0 Å². The van der Waals surface area contributed by atoms with E-state index in [1.54, 1.807) is 6.92 Å². The first-order valence-electron chi connectivity index (χ1n) is 4.28. The van der Waals surface area contributed by atoms with Gasteiger partial charge in [-0.3, -0.25) is 0 Å². The summed E-state index contributed by atoms with van der Waals surface area (Å²) in [4.78, 5) is 10.8. The van der Waals surface area contributed by atoms with Gasteiger partial charge in [-0.05, 0) is 6.92 Å². The van der Waals surface area contributed by atoms with Gasteiger partial charge in [0, 0.05) is 39.1 Å². The molecule has 0 unspecified atom stereocenters. The Balaban J connectivity index is 0.00000169. The Hall–Kier alpha value is -0.266. The van der Waals surface area contributed by atoms with Gasteiger partial charge >= 0.3 is 0 Å². The van der Waals surface area contributed by atoms with E-state index in [4.69, 9.17) is 6.58 Å². The van der Waals surface area contributed by atoms with Crippen LogP contribution in [0.15, 0.2) is 18.2 Å². The number of hydrogen-bond acceptors (Lipinski definition) is 1. The standard InChI is InChI=1S/C12H12O.Y/c1-3-11-6-4-5-7-12(11)9-8-10(2)13;/h1,3-5,7H,8-9H2,2H3;/q-2;. The minimum Gasteiger partial charge on any atom is -0.344 e. The molecule has 1 aromatic carbocycles. The Morgan fingerprint density at radius 2 is 2.36 bits per heavy atom. The predicted molar refractivity (Wildman–Crippen MR) is 53.0 cm³/mol. The molecule has 0 aliphatic carbocycles. The van der Waals surface area contributed by atoms with Crippen LogP contribution in [-0.4, -0.2) is 5.78 Å². The van der Waals surface area contributed by atoms with Crippen LogP contribution in [-0.2, 0) is 43.9 Å². The van der Waals surface area contributed by atoms with E-state index in [9.17, 15) is 4.79 Å². The molecule has 1 aromatic rings. The average Bonchev–Trinajstić information content (AvgIpc) is 2.15. The van der Waals surface area contributed by atoms with Crippen LogP contribution in [0.25, 0.3) is 6.08 Å². The molecule has 0 saturated heterocycles. The summed E-state index contributed by atoms with van der Waals surface area (Å²) in [7, 11) is 0. The Bertz CT molecular complexity index is 318. The molecule has 0 amide bonds. The van der Waals surface area contributed by atoms with Crippen LogP contribution in [0.5, 0.6) is 0 Å². The smallest absolute Gasteiger partial charge is 0.129 e. The van der Waals surface area contributed by atoms with Crippen molar-refractivity contribution >= 4 is 11.9 Å². The van der Waals surface area contributed by atoms with Gasteiger partial charge in [0.25, 0.3) is 0 Å². The van der Waals surface area contributed by atoms with Gasteiger partial charge in [0.2, 0.25) is 0 Å². The molecular weight excluding hydrogens is 249 g/mol. The van der Waals surface area contributed by atoms with Gasteiger partial charge in [0.1, 0.15) is 5.78 Å². The number of Topliss-reactive ketones (excluding diaryl/α,β-unsaturated/α-hetero) is 1. The van der Waals surface area contributed by atoms with Crippen molar-refractivity contribution in [1.82, 2.24) is 0 Å². The van der Waals surface area contributed by atoms with Gasteiger partial charge in [0.15, 0.2) is 0 Å². The molecule has 2 heteroatoms. The quantitative estimate of drug-likeness (QED) is 0.761. The van der Waals surface area contributed by atoms with E-state index in [0.717, 1.165) is 17.5 Å². The van der Waals surface area contributed by atoms with Crippen molar-refractivity contribution in [2.75, 3.05) is 0 Å². The molecule has 0 atom stereocenters. The third kappa shape index (κ3) is 4.30. The Morgan fingerprint density at radius 3 is 2.93 bits per heavy atom. The van der Waals surface area contributed by atoms with Crippen molar-refractivity contribution in [2.45, 2.75) is 19.8 Å². The number of aryl methyl sites for hydroxylation is 1. The fourth-order valence-corrected chi connectivity index (χ4v) is 1.17. The van der Waals surface area contributed by atoms with Crippen LogP contribution in [0.2, 0.25) is 0 Å². The summed E-state index contributed by atoms with van der Waals surface area (Å²) in [6, 6.07) is 8.71. The second-order valence-electron chi connectivity index (χ2n) is 2.98. The van der Waals surface area contributed by atoms with E-state index in [1.165, 1.54) is 6.08 Å². The molecule has 1 radical (unpaired) electrons. The molecule has 0 fully saturated rings. The van der Waals surface area contributed by atoms with Gasteiger partial charge in [-0.15, -0.1) is 6.07 Å². The molecule has 0 aromatic heterocycles. The number of ketones is 1. The summed E-state index contributed by atoms with van der Waals surface area (Å²) < 4.78 is 0. The maximum Gasteiger partial charge on any atom is 0.129 e. The predicted octanol–water partition coefficient (Wildman–Crippen LogP) is 2.45. The van der Waals surface area contributed by atoms with E-state index in [2.05, 4.69) is 6.07 Å². The minimum absolute atomic E-state index is 0. The Morgan fingerprint density at radius 1 is 1.64 bits per heavy atom. The molecule has 0 N–H and O–H groups in total.